The van der Waals surface area contributed by atoms with E-state index >= 15 is 0 Å². The largest absolute Gasteiger partial charge is 0.480 e. The van der Waals surface area contributed by atoms with Gasteiger partial charge in [-0.25, -0.2) is 4.79 Å². The van der Waals surface area contributed by atoms with Crippen molar-refractivity contribution in [2.75, 3.05) is 11.6 Å². The number of aliphatic carboxylic acids is 1. The second-order valence-corrected chi connectivity index (χ2v) is 4.05. The lowest BCUT2D eigenvalue weighted by Gasteiger charge is -2.18. The number of carboxylic acids is 1. The molecule has 15 heavy (non-hydrogen) atoms. The Morgan fingerprint density at radius 3 is 2.80 bits per heavy atom. The maximum absolute atomic E-state index is 11.6. The molecule has 0 spiro atoms. The molecule has 1 N–H and O–H groups in total. The number of rotatable bonds is 3. The van der Waals surface area contributed by atoms with Crippen molar-refractivity contribution in [2.24, 2.45) is 0 Å². The minimum absolute atomic E-state index is 0.245. The van der Waals surface area contributed by atoms with Crippen LogP contribution in [-0.4, -0.2) is 39.6 Å². The molecule has 0 bridgehead atoms. The molecular formula is C10H13NO3S. The molecule has 1 aliphatic rings. The molecule has 1 rings (SSSR count). The Hall–Kier alpha value is -1.23. The van der Waals surface area contributed by atoms with Crippen LogP contribution in [0.25, 0.3) is 0 Å². The van der Waals surface area contributed by atoms with E-state index in [4.69, 9.17) is 5.11 Å². The van der Waals surface area contributed by atoms with E-state index in [1.54, 1.807) is 18.2 Å². The van der Waals surface area contributed by atoms with Gasteiger partial charge in [0, 0.05) is 11.8 Å². The van der Waals surface area contributed by atoms with Gasteiger partial charge in [0.25, 0.3) is 0 Å². The summed E-state index contributed by atoms with van der Waals surface area (Å²) in [4.78, 5) is 23.7. The quantitative estimate of drug-likeness (QED) is 0.579. The third-order valence-corrected chi connectivity index (χ3v) is 3.01. The van der Waals surface area contributed by atoms with Crippen LogP contribution in [0.2, 0.25) is 0 Å². The van der Waals surface area contributed by atoms with Crippen molar-refractivity contribution in [3.63, 3.8) is 0 Å². The molecule has 1 atom stereocenters. The Morgan fingerprint density at radius 2 is 2.20 bits per heavy atom. The first-order valence-corrected chi connectivity index (χ1v) is 5.72. The average Bonchev–Trinajstić information content (AvgIpc) is 2.66. The van der Waals surface area contributed by atoms with E-state index < -0.39 is 12.0 Å². The highest BCUT2D eigenvalue weighted by Crippen LogP contribution is 2.21. The van der Waals surface area contributed by atoms with E-state index in [9.17, 15) is 9.59 Å². The highest BCUT2D eigenvalue weighted by atomic mass is 32.2. The van der Waals surface area contributed by atoms with Crippen LogP contribution in [0.3, 0.4) is 0 Å². The molecule has 1 saturated heterocycles. The van der Waals surface area contributed by atoms with Gasteiger partial charge >= 0.3 is 5.97 Å². The summed E-state index contributed by atoms with van der Waals surface area (Å²) in [6.45, 7) is 1.85. The van der Waals surface area contributed by atoms with Crippen molar-refractivity contribution in [3.8, 4) is 0 Å². The molecule has 1 unspecified atom stereocenters. The molecular weight excluding hydrogens is 214 g/mol. The van der Waals surface area contributed by atoms with Gasteiger partial charge in [0.2, 0.25) is 5.91 Å². The van der Waals surface area contributed by atoms with Crippen molar-refractivity contribution in [1.82, 2.24) is 4.90 Å². The maximum atomic E-state index is 11.6. The third-order valence-electron chi connectivity index (χ3n) is 1.99. The van der Waals surface area contributed by atoms with Crippen LogP contribution in [0, 0.1) is 0 Å². The summed E-state index contributed by atoms with van der Waals surface area (Å²) in [5.74, 6) is -0.257. The van der Waals surface area contributed by atoms with Crippen LogP contribution in [0.1, 0.15) is 6.92 Å². The summed E-state index contributed by atoms with van der Waals surface area (Å²) in [5, 5.41) is 8.86. The van der Waals surface area contributed by atoms with Crippen molar-refractivity contribution >= 4 is 23.6 Å². The van der Waals surface area contributed by atoms with Crippen LogP contribution < -0.4 is 0 Å². The molecule has 0 saturated carbocycles. The average molecular weight is 227 g/mol. The van der Waals surface area contributed by atoms with E-state index in [1.807, 2.05) is 6.92 Å². The lowest BCUT2D eigenvalue weighted by Crippen LogP contribution is -2.40. The Morgan fingerprint density at radius 1 is 1.47 bits per heavy atom. The summed E-state index contributed by atoms with van der Waals surface area (Å²) in [6.07, 6.45) is 6.54. The summed E-state index contributed by atoms with van der Waals surface area (Å²) in [7, 11) is 0. The molecule has 5 heteroatoms. The Labute approximate surface area is 92.6 Å². The summed E-state index contributed by atoms with van der Waals surface area (Å²) in [6, 6.07) is -0.683. The molecule has 0 radical (unpaired) electrons. The second kappa shape index (κ2) is 5.60. The maximum Gasteiger partial charge on any atom is 0.327 e. The number of carbonyl (C=O) groups excluding carboxylic acids is 1. The lowest BCUT2D eigenvalue weighted by molar-refractivity contribution is -0.146. The van der Waals surface area contributed by atoms with Crippen molar-refractivity contribution in [3.05, 3.63) is 24.3 Å². The lowest BCUT2D eigenvalue weighted by atomic mass is 10.3. The Balaban J connectivity index is 2.62. The van der Waals surface area contributed by atoms with Gasteiger partial charge in [-0.2, -0.15) is 0 Å². The number of hydrogen-bond donors (Lipinski definition) is 1. The number of carbonyl (C=O) groups is 2. The standard InChI is InChI=1S/C10H13NO3S/c1-2-3-4-5-9(12)11-7-15-6-8(11)10(13)14/h2-5,8H,6-7H2,1H3,(H,13,14)/b3-2+,5-4+. The summed E-state index contributed by atoms with van der Waals surface area (Å²) < 4.78 is 0. The van der Waals surface area contributed by atoms with E-state index in [-0.39, 0.29) is 5.91 Å². The van der Waals surface area contributed by atoms with E-state index in [0.717, 1.165) is 0 Å². The fraction of sp³-hybridized carbons (Fsp3) is 0.400. The highest BCUT2D eigenvalue weighted by Gasteiger charge is 2.33. The molecule has 4 nitrogen and oxygen atoms in total. The first-order chi connectivity index (χ1) is 7.16. The van der Waals surface area contributed by atoms with Crippen molar-refractivity contribution < 1.29 is 14.7 Å². The van der Waals surface area contributed by atoms with Gasteiger partial charge in [0.1, 0.15) is 6.04 Å². The highest BCUT2D eigenvalue weighted by molar-refractivity contribution is 7.99. The number of thioether (sulfide) groups is 1. The monoisotopic (exact) mass is 227 g/mol. The van der Waals surface area contributed by atoms with Crippen LogP contribution in [0.5, 0.6) is 0 Å². The molecule has 0 aromatic carbocycles. The zero-order chi connectivity index (χ0) is 11.3. The number of carboxylic acid groups (broad SMARTS) is 1. The fourth-order valence-corrected chi connectivity index (χ4v) is 2.36. The third kappa shape index (κ3) is 3.13. The Bertz CT molecular complexity index is 312. The number of hydrogen-bond acceptors (Lipinski definition) is 3. The molecule has 0 aliphatic carbocycles. The molecule has 0 aromatic heterocycles. The van der Waals surface area contributed by atoms with Crippen molar-refractivity contribution in [2.45, 2.75) is 13.0 Å². The van der Waals surface area contributed by atoms with Crippen LogP contribution >= 0.6 is 11.8 Å². The topological polar surface area (TPSA) is 57.6 Å². The zero-order valence-electron chi connectivity index (χ0n) is 8.42. The van der Waals surface area contributed by atoms with Crippen LogP contribution in [-0.2, 0) is 9.59 Å². The molecule has 1 amide bonds. The van der Waals surface area contributed by atoms with Crippen molar-refractivity contribution in [1.29, 1.82) is 0 Å². The normalized spacial score (nSPS) is 21.7. The first-order valence-electron chi connectivity index (χ1n) is 4.57. The van der Waals surface area contributed by atoms with Gasteiger partial charge in [-0.05, 0) is 6.92 Å². The van der Waals surface area contributed by atoms with E-state index in [1.165, 1.54) is 22.7 Å². The zero-order valence-corrected chi connectivity index (χ0v) is 9.24. The molecule has 82 valence electrons. The van der Waals surface area contributed by atoms with Crippen LogP contribution in [0.15, 0.2) is 24.3 Å². The molecule has 1 heterocycles. The summed E-state index contributed by atoms with van der Waals surface area (Å²) >= 11 is 1.46. The van der Waals surface area contributed by atoms with E-state index in [2.05, 4.69) is 0 Å². The summed E-state index contributed by atoms with van der Waals surface area (Å²) in [5.41, 5.74) is 0. The van der Waals surface area contributed by atoms with Gasteiger partial charge in [0.15, 0.2) is 0 Å². The van der Waals surface area contributed by atoms with Gasteiger partial charge < -0.3 is 10.0 Å². The van der Waals surface area contributed by atoms with Gasteiger partial charge in [-0.1, -0.05) is 18.2 Å². The second-order valence-electron chi connectivity index (χ2n) is 3.05. The fourth-order valence-electron chi connectivity index (χ4n) is 1.21. The smallest absolute Gasteiger partial charge is 0.327 e. The first kappa shape index (κ1) is 11.8. The molecule has 1 fully saturated rings. The van der Waals surface area contributed by atoms with Gasteiger partial charge in [-0.15, -0.1) is 11.8 Å². The minimum atomic E-state index is -0.937. The molecule has 0 aromatic rings. The number of amides is 1. The molecule has 1 aliphatic heterocycles. The number of nitrogens with zero attached hydrogens (tertiary/aromatic N) is 1. The van der Waals surface area contributed by atoms with Gasteiger partial charge in [-0.3, -0.25) is 4.79 Å². The minimum Gasteiger partial charge on any atom is -0.480 e. The Kier molecular flexibility index (Phi) is 4.42. The van der Waals surface area contributed by atoms with E-state index in [0.29, 0.717) is 11.6 Å². The van der Waals surface area contributed by atoms with Gasteiger partial charge in [0.05, 0.1) is 5.88 Å². The number of allylic oxidation sites excluding steroid dienone is 3. The predicted octanol–water partition coefficient (Wildman–Crippen LogP) is 1.10. The predicted molar refractivity (Wildman–Crippen MR) is 59.5 cm³/mol. The van der Waals surface area contributed by atoms with Crippen LogP contribution in [0.4, 0.5) is 0 Å². The SMILES string of the molecule is C/C=C/C=C/C(=O)N1CSCC1C(=O)O.